The number of aliphatic hydroxyl groups excluding tert-OH is 1. The van der Waals surface area contributed by atoms with Crippen molar-refractivity contribution in [3.8, 4) is 0 Å². The molecule has 0 saturated heterocycles. The molecule has 0 aliphatic rings. The first-order valence-corrected chi connectivity index (χ1v) is 9.13. The highest BCUT2D eigenvalue weighted by atomic mass is 19.4. The molecule has 2 amide bonds. The monoisotopic (exact) mass is 384 g/mol. The molecule has 0 aromatic rings. The van der Waals surface area contributed by atoms with Crippen molar-refractivity contribution in [1.82, 2.24) is 4.90 Å². The van der Waals surface area contributed by atoms with Crippen LogP contribution in [0.3, 0.4) is 0 Å². The zero-order valence-electron chi connectivity index (χ0n) is 15.1. The molecule has 6 nitrogen and oxygen atoms in total. The number of aliphatic hydroxyl groups is 1. The van der Waals surface area contributed by atoms with Crippen LogP contribution >= 0.6 is 0 Å². The molecule has 154 valence electrons. The first-order valence-electron chi connectivity index (χ1n) is 9.13. The highest BCUT2D eigenvalue weighted by molar-refractivity contribution is 5.71. The largest absolute Gasteiger partial charge is 0.481 e. The summed E-state index contributed by atoms with van der Waals surface area (Å²) in [5.41, 5.74) is 5.31. The summed E-state index contributed by atoms with van der Waals surface area (Å²) in [5, 5.41) is 18.3. The number of nitrogens with zero attached hydrogens (tertiary/aromatic N) is 1. The molecule has 0 bridgehead atoms. The van der Waals surface area contributed by atoms with Gasteiger partial charge in [-0.1, -0.05) is 19.3 Å². The minimum atomic E-state index is -4.15. The van der Waals surface area contributed by atoms with E-state index in [9.17, 15) is 27.9 Å². The molecule has 0 spiro atoms. The molecule has 0 rings (SSSR count). The number of urea groups is 1. The molecule has 0 aliphatic heterocycles. The molecule has 1 atom stereocenters. The van der Waals surface area contributed by atoms with E-state index in [0.717, 1.165) is 19.3 Å². The molecule has 9 heteroatoms. The molecule has 0 radical (unpaired) electrons. The summed E-state index contributed by atoms with van der Waals surface area (Å²) >= 11 is 0. The number of primary amides is 1. The lowest BCUT2D eigenvalue weighted by molar-refractivity contribution is -0.137. The Kier molecular flexibility index (Phi) is 12.9. The molecule has 4 N–H and O–H groups in total. The second kappa shape index (κ2) is 13.7. The van der Waals surface area contributed by atoms with Crippen LogP contribution in [-0.2, 0) is 4.79 Å². The summed E-state index contributed by atoms with van der Waals surface area (Å²) in [6.45, 7) is 0.869. The van der Waals surface area contributed by atoms with Crippen LogP contribution in [0.4, 0.5) is 18.0 Å². The van der Waals surface area contributed by atoms with Crippen molar-refractivity contribution in [1.29, 1.82) is 0 Å². The van der Waals surface area contributed by atoms with Gasteiger partial charge in [-0.3, -0.25) is 4.79 Å². The quantitative estimate of drug-likeness (QED) is 0.375. The van der Waals surface area contributed by atoms with Crippen LogP contribution in [-0.4, -0.2) is 52.5 Å². The Bertz CT molecular complexity index is 406. The molecule has 0 heterocycles. The van der Waals surface area contributed by atoms with Crippen LogP contribution in [0, 0.1) is 0 Å². The highest BCUT2D eigenvalue weighted by Crippen LogP contribution is 2.23. The number of carboxylic acids is 1. The molecule has 0 saturated carbocycles. The van der Waals surface area contributed by atoms with Crippen LogP contribution in [0.5, 0.6) is 0 Å². The highest BCUT2D eigenvalue weighted by Gasteiger charge is 2.25. The number of alkyl halides is 3. The molecule has 1 unspecified atom stereocenters. The van der Waals surface area contributed by atoms with Gasteiger partial charge in [0.1, 0.15) is 0 Å². The lowest BCUT2D eigenvalue weighted by Gasteiger charge is -2.21. The Balaban J connectivity index is 3.78. The molecule has 26 heavy (non-hydrogen) atoms. The van der Waals surface area contributed by atoms with Crippen LogP contribution in [0.2, 0.25) is 0 Å². The lowest BCUT2D eigenvalue weighted by atomic mass is 10.1. The average Bonchev–Trinajstić information content (AvgIpc) is 2.51. The second-order valence-electron chi connectivity index (χ2n) is 6.54. The summed E-state index contributed by atoms with van der Waals surface area (Å²) in [6, 6.07) is -0.546. The van der Waals surface area contributed by atoms with Crippen molar-refractivity contribution in [3.05, 3.63) is 0 Å². The summed E-state index contributed by atoms with van der Waals surface area (Å²) in [5.74, 6) is -0.819. The van der Waals surface area contributed by atoms with Crippen molar-refractivity contribution < 1.29 is 33.0 Å². The van der Waals surface area contributed by atoms with Crippen LogP contribution in [0.15, 0.2) is 0 Å². The minimum absolute atomic E-state index is 0.00977. The van der Waals surface area contributed by atoms with E-state index in [1.165, 1.54) is 4.90 Å². The normalized spacial score (nSPS) is 12.8. The molecule has 0 aromatic carbocycles. The van der Waals surface area contributed by atoms with Crippen molar-refractivity contribution in [2.24, 2.45) is 5.73 Å². The van der Waals surface area contributed by atoms with Crippen LogP contribution in [0.25, 0.3) is 0 Å². The number of rotatable bonds is 15. The number of unbranched alkanes of at least 4 members (excludes halogenated alkanes) is 4. The van der Waals surface area contributed by atoms with Gasteiger partial charge in [0.2, 0.25) is 0 Å². The third kappa shape index (κ3) is 16.0. The van der Waals surface area contributed by atoms with Crippen molar-refractivity contribution in [3.63, 3.8) is 0 Å². The predicted molar refractivity (Wildman–Crippen MR) is 91.6 cm³/mol. The number of aliphatic carboxylic acids is 1. The summed E-state index contributed by atoms with van der Waals surface area (Å²) < 4.78 is 36.0. The van der Waals surface area contributed by atoms with Gasteiger partial charge in [0.15, 0.2) is 0 Å². The SMILES string of the molecule is NC(=O)N(CCCCCCC(=O)O)CCCC(O)CCCCC(F)(F)F. The third-order valence-corrected chi connectivity index (χ3v) is 4.09. The van der Waals surface area contributed by atoms with Gasteiger partial charge in [0, 0.05) is 25.9 Å². The number of hydrogen-bond donors (Lipinski definition) is 3. The van der Waals surface area contributed by atoms with Gasteiger partial charge in [-0.15, -0.1) is 0 Å². The van der Waals surface area contributed by atoms with E-state index in [2.05, 4.69) is 0 Å². The topological polar surface area (TPSA) is 104 Å². The number of amides is 2. The number of halogens is 3. The maximum absolute atomic E-state index is 12.0. The number of carbonyl (C=O) groups excluding carboxylic acids is 1. The van der Waals surface area contributed by atoms with E-state index in [0.29, 0.717) is 45.2 Å². The number of nitrogens with two attached hydrogens (primary N) is 1. The summed E-state index contributed by atoms with van der Waals surface area (Å²) in [4.78, 5) is 23.3. The van der Waals surface area contributed by atoms with Crippen molar-refractivity contribution >= 4 is 12.0 Å². The van der Waals surface area contributed by atoms with Crippen LogP contribution in [0.1, 0.15) is 70.6 Å². The number of hydrogen-bond acceptors (Lipinski definition) is 3. The van der Waals surface area contributed by atoms with E-state index in [1.807, 2.05) is 0 Å². The van der Waals surface area contributed by atoms with E-state index in [-0.39, 0.29) is 12.8 Å². The van der Waals surface area contributed by atoms with Gasteiger partial charge in [0.05, 0.1) is 6.10 Å². The Morgan fingerprint density at radius 2 is 1.50 bits per heavy atom. The smallest absolute Gasteiger partial charge is 0.389 e. The Morgan fingerprint density at radius 1 is 0.923 bits per heavy atom. The van der Waals surface area contributed by atoms with Gasteiger partial charge < -0.3 is 20.8 Å². The van der Waals surface area contributed by atoms with E-state index >= 15 is 0 Å². The Labute approximate surface area is 152 Å². The van der Waals surface area contributed by atoms with E-state index in [4.69, 9.17) is 10.8 Å². The lowest BCUT2D eigenvalue weighted by Crippen LogP contribution is -2.37. The maximum atomic E-state index is 12.0. The maximum Gasteiger partial charge on any atom is 0.389 e. The minimum Gasteiger partial charge on any atom is -0.481 e. The molecule has 0 aliphatic carbocycles. The standard InChI is InChI=1S/C17H31F3N2O4/c18-17(19,20)11-5-4-8-14(23)9-7-13-22(16(21)26)12-6-2-1-3-10-15(24)25/h14,23H,1-13H2,(H2,21,26)(H,24,25). The summed E-state index contributed by atoms with van der Waals surface area (Å²) in [7, 11) is 0. The number of carboxylic acid groups (broad SMARTS) is 1. The van der Waals surface area contributed by atoms with Gasteiger partial charge in [-0.05, 0) is 38.5 Å². The zero-order chi connectivity index (χ0) is 20.0. The predicted octanol–water partition coefficient (Wildman–Crippen LogP) is 3.67. The number of carbonyl (C=O) groups is 2. The first kappa shape index (κ1) is 24.5. The van der Waals surface area contributed by atoms with Crippen molar-refractivity contribution in [2.45, 2.75) is 82.9 Å². The van der Waals surface area contributed by atoms with E-state index < -0.39 is 30.7 Å². The molecular weight excluding hydrogens is 353 g/mol. The fourth-order valence-corrected chi connectivity index (χ4v) is 2.63. The molecular formula is C17H31F3N2O4. The fraction of sp³-hybridized carbons (Fsp3) is 0.882. The Hall–Kier alpha value is -1.51. The van der Waals surface area contributed by atoms with Gasteiger partial charge in [0.25, 0.3) is 0 Å². The fourth-order valence-electron chi connectivity index (χ4n) is 2.63. The average molecular weight is 384 g/mol. The second-order valence-corrected chi connectivity index (χ2v) is 6.54. The van der Waals surface area contributed by atoms with Gasteiger partial charge in [-0.2, -0.15) is 13.2 Å². The zero-order valence-corrected chi connectivity index (χ0v) is 15.1. The van der Waals surface area contributed by atoms with Gasteiger partial charge >= 0.3 is 18.2 Å². The van der Waals surface area contributed by atoms with Crippen LogP contribution < -0.4 is 5.73 Å². The first-order chi connectivity index (χ1) is 12.1. The Morgan fingerprint density at radius 3 is 2.08 bits per heavy atom. The van der Waals surface area contributed by atoms with Gasteiger partial charge in [-0.25, -0.2) is 4.79 Å². The van der Waals surface area contributed by atoms with E-state index in [1.54, 1.807) is 0 Å². The third-order valence-electron chi connectivity index (χ3n) is 4.09. The molecule has 0 fully saturated rings. The summed E-state index contributed by atoms with van der Waals surface area (Å²) in [6.07, 6.45) is -1.03. The molecule has 0 aromatic heterocycles. The van der Waals surface area contributed by atoms with Crippen molar-refractivity contribution in [2.75, 3.05) is 13.1 Å².